The van der Waals surface area contributed by atoms with E-state index < -0.39 is 6.10 Å². The minimum Gasteiger partial charge on any atom is -0.497 e. The van der Waals surface area contributed by atoms with Crippen LogP contribution in [0.15, 0.2) is 42.5 Å². The van der Waals surface area contributed by atoms with Crippen molar-refractivity contribution in [2.24, 2.45) is 0 Å². The summed E-state index contributed by atoms with van der Waals surface area (Å²) < 4.78 is 10.3. The second-order valence-corrected chi connectivity index (χ2v) is 5.38. The molecule has 2 aromatic carbocycles. The first-order valence-electron chi connectivity index (χ1n) is 7.54. The van der Waals surface area contributed by atoms with E-state index >= 15 is 0 Å². The van der Waals surface area contributed by atoms with Crippen LogP contribution in [-0.2, 0) is 11.2 Å². The molecule has 0 spiro atoms. The van der Waals surface area contributed by atoms with Gasteiger partial charge in [0.25, 0.3) is 0 Å². The molecule has 1 unspecified atom stereocenters. The zero-order valence-corrected chi connectivity index (χ0v) is 13.8. The molecule has 4 N–H and O–H groups in total. The maximum atomic E-state index is 12.0. The zero-order valence-electron chi connectivity index (χ0n) is 13.8. The van der Waals surface area contributed by atoms with Gasteiger partial charge in [0.15, 0.2) is 0 Å². The van der Waals surface area contributed by atoms with Crippen LogP contribution in [0.3, 0.4) is 0 Å². The molecule has 24 heavy (non-hydrogen) atoms. The Hall–Kier alpha value is -2.73. The molecule has 1 amide bonds. The Morgan fingerprint density at radius 1 is 1.12 bits per heavy atom. The summed E-state index contributed by atoms with van der Waals surface area (Å²) in [7, 11) is 3.08. The third-order valence-corrected chi connectivity index (χ3v) is 3.60. The fraction of sp³-hybridized carbons (Fsp3) is 0.278. The highest BCUT2D eigenvalue weighted by Crippen LogP contribution is 2.26. The lowest BCUT2D eigenvalue weighted by Crippen LogP contribution is -2.29. The summed E-state index contributed by atoms with van der Waals surface area (Å²) >= 11 is 0. The van der Waals surface area contributed by atoms with Gasteiger partial charge in [-0.1, -0.05) is 12.1 Å². The fourth-order valence-electron chi connectivity index (χ4n) is 2.23. The smallest absolute Gasteiger partial charge is 0.224 e. The molecular weight excluding hydrogens is 308 g/mol. The number of nitrogens with one attached hydrogen (secondary N) is 1. The van der Waals surface area contributed by atoms with Gasteiger partial charge in [0, 0.05) is 18.3 Å². The molecule has 0 fully saturated rings. The quantitative estimate of drug-likeness (QED) is 0.672. The van der Waals surface area contributed by atoms with E-state index in [-0.39, 0.29) is 18.9 Å². The van der Waals surface area contributed by atoms with E-state index in [9.17, 15) is 9.90 Å². The normalized spacial score (nSPS) is 11.6. The molecule has 2 aromatic rings. The lowest BCUT2D eigenvalue weighted by atomic mass is 10.1. The molecule has 0 aliphatic carbocycles. The van der Waals surface area contributed by atoms with E-state index in [2.05, 4.69) is 5.32 Å². The first-order chi connectivity index (χ1) is 11.5. The first kappa shape index (κ1) is 17.6. The van der Waals surface area contributed by atoms with E-state index in [1.807, 2.05) is 0 Å². The summed E-state index contributed by atoms with van der Waals surface area (Å²) in [5, 5.41) is 13.0. The molecule has 1 atom stereocenters. The minimum atomic E-state index is -0.857. The van der Waals surface area contributed by atoms with Crippen molar-refractivity contribution in [3.63, 3.8) is 0 Å². The number of hydrogen-bond acceptors (Lipinski definition) is 5. The Labute approximate surface area is 141 Å². The summed E-state index contributed by atoms with van der Waals surface area (Å²) in [6, 6.07) is 12.2. The average Bonchev–Trinajstić information content (AvgIpc) is 2.61. The van der Waals surface area contributed by atoms with Crippen LogP contribution in [0.4, 0.5) is 5.69 Å². The number of aliphatic hydroxyl groups is 1. The number of methoxy groups -OCH3 is 2. The van der Waals surface area contributed by atoms with Gasteiger partial charge in [0.2, 0.25) is 5.91 Å². The van der Waals surface area contributed by atoms with Crippen LogP contribution in [0.25, 0.3) is 0 Å². The molecule has 6 heteroatoms. The molecule has 0 saturated heterocycles. The van der Waals surface area contributed by atoms with E-state index in [1.165, 1.54) is 0 Å². The molecular formula is C18H22N2O4. The zero-order chi connectivity index (χ0) is 17.5. The maximum Gasteiger partial charge on any atom is 0.224 e. The third-order valence-electron chi connectivity index (χ3n) is 3.60. The van der Waals surface area contributed by atoms with Crippen LogP contribution < -0.4 is 20.5 Å². The number of anilines is 1. The van der Waals surface area contributed by atoms with Crippen LogP contribution in [0, 0.1) is 0 Å². The molecule has 0 aliphatic rings. The van der Waals surface area contributed by atoms with Gasteiger partial charge in [-0.25, -0.2) is 0 Å². The predicted molar refractivity (Wildman–Crippen MR) is 92.1 cm³/mol. The van der Waals surface area contributed by atoms with E-state index in [4.69, 9.17) is 15.2 Å². The predicted octanol–water partition coefficient (Wildman–Crippen LogP) is 1.68. The number of carbonyl (C=O) groups is 1. The largest absolute Gasteiger partial charge is 0.497 e. The standard InChI is InChI=1S/C18H22N2O4/c1-23-15-8-13(9-16(10-15)24-2)17(21)11-20-18(22)7-12-3-5-14(19)6-4-12/h3-6,8-10,17,21H,7,11,19H2,1-2H3,(H,20,22). The lowest BCUT2D eigenvalue weighted by molar-refractivity contribution is -0.120. The monoisotopic (exact) mass is 330 g/mol. The SMILES string of the molecule is COc1cc(OC)cc(C(O)CNC(=O)Cc2ccc(N)cc2)c1. The Bertz CT molecular complexity index is 664. The van der Waals surface area contributed by atoms with E-state index in [0.29, 0.717) is 22.7 Å². The molecule has 6 nitrogen and oxygen atoms in total. The van der Waals surface area contributed by atoms with Crippen molar-refractivity contribution in [3.8, 4) is 11.5 Å². The number of amides is 1. The van der Waals surface area contributed by atoms with Crippen molar-refractivity contribution in [3.05, 3.63) is 53.6 Å². The maximum absolute atomic E-state index is 12.0. The Balaban J connectivity index is 1.93. The molecule has 0 heterocycles. The molecule has 0 saturated carbocycles. The summed E-state index contributed by atoms with van der Waals surface area (Å²) in [5.41, 5.74) is 7.74. The number of rotatable bonds is 7. The minimum absolute atomic E-state index is 0.101. The third kappa shape index (κ3) is 4.89. The van der Waals surface area contributed by atoms with Crippen molar-refractivity contribution in [2.45, 2.75) is 12.5 Å². The van der Waals surface area contributed by atoms with E-state index in [0.717, 1.165) is 5.56 Å². The molecule has 128 valence electrons. The Morgan fingerprint density at radius 2 is 1.71 bits per heavy atom. The highest BCUT2D eigenvalue weighted by atomic mass is 16.5. The van der Waals surface area contributed by atoms with Gasteiger partial charge in [-0.05, 0) is 35.4 Å². The van der Waals surface area contributed by atoms with Crippen molar-refractivity contribution in [1.82, 2.24) is 5.32 Å². The van der Waals surface area contributed by atoms with Gasteiger partial charge < -0.3 is 25.6 Å². The summed E-state index contributed by atoms with van der Waals surface area (Å²) in [6.07, 6.45) is -0.626. The number of benzene rings is 2. The van der Waals surface area contributed by atoms with Gasteiger partial charge in [-0.15, -0.1) is 0 Å². The number of carbonyl (C=O) groups excluding carboxylic acids is 1. The highest BCUT2D eigenvalue weighted by Gasteiger charge is 2.13. The van der Waals surface area contributed by atoms with Crippen molar-refractivity contribution < 1.29 is 19.4 Å². The second-order valence-electron chi connectivity index (χ2n) is 5.38. The van der Waals surface area contributed by atoms with Gasteiger partial charge in [0.05, 0.1) is 26.7 Å². The molecule has 0 bridgehead atoms. The second kappa shape index (κ2) is 8.21. The van der Waals surface area contributed by atoms with Gasteiger partial charge >= 0.3 is 0 Å². The topological polar surface area (TPSA) is 93.8 Å². The van der Waals surface area contributed by atoms with E-state index in [1.54, 1.807) is 56.7 Å². The number of nitrogens with two attached hydrogens (primary N) is 1. The summed E-state index contributed by atoms with van der Waals surface area (Å²) in [4.78, 5) is 12.0. The molecule has 0 aliphatic heterocycles. The number of aliphatic hydroxyl groups excluding tert-OH is 1. The summed E-state index contributed by atoms with van der Waals surface area (Å²) in [6.45, 7) is 0.101. The van der Waals surface area contributed by atoms with Crippen molar-refractivity contribution >= 4 is 11.6 Å². The van der Waals surface area contributed by atoms with Gasteiger partial charge in [-0.2, -0.15) is 0 Å². The Kier molecular flexibility index (Phi) is 6.03. The van der Waals surface area contributed by atoms with Crippen LogP contribution in [0.2, 0.25) is 0 Å². The number of ether oxygens (including phenoxy) is 2. The van der Waals surface area contributed by atoms with Crippen LogP contribution in [0.5, 0.6) is 11.5 Å². The highest BCUT2D eigenvalue weighted by molar-refractivity contribution is 5.78. The van der Waals surface area contributed by atoms with Crippen LogP contribution >= 0.6 is 0 Å². The average molecular weight is 330 g/mol. The fourth-order valence-corrected chi connectivity index (χ4v) is 2.23. The molecule has 0 aromatic heterocycles. The molecule has 0 radical (unpaired) electrons. The van der Waals surface area contributed by atoms with Crippen LogP contribution in [-0.4, -0.2) is 31.8 Å². The van der Waals surface area contributed by atoms with Crippen LogP contribution in [0.1, 0.15) is 17.2 Å². The lowest BCUT2D eigenvalue weighted by Gasteiger charge is -2.15. The number of nitrogen functional groups attached to an aromatic ring is 1. The van der Waals surface area contributed by atoms with Gasteiger partial charge in [0.1, 0.15) is 11.5 Å². The number of hydrogen-bond donors (Lipinski definition) is 3. The van der Waals surface area contributed by atoms with Crippen molar-refractivity contribution in [2.75, 3.05) is 26.5 Å². The van der Waals surface area contributed by atoms with Gasteiger partial charge in [-0.3, -0.25) is 4.79 Å². The van der Waals surface area contributed by atoms with Crippen molar-refractivity contribution in [1.29, 1.82) is 0 Å². The first-order valence-corrected chi connectivity index (χ1v) is 7.54. The Morgan fingerprint density at radius 3 is 2.25 bits per heavy atom. The summed E-state index contributed by atoms with van der Waals surface area (Å²) in [5.74, 6) is 0.988. The molecule has 2 rings (SSSR count).